The summed E-state index contributed by atoms with van der Waals surface area (Å²) in [6, 6.07) is 41.5. The summed E-state index contributed by atoms with van der Waals surface area (Å²) in [5.41, 5.74) is 24.9. The minimum absolute atomic E-state index is 0.532. The lowest BCUT2D eigenvalue weighted by Crippen LogP contribution is -2.38. The van der Waals surface area contributed by atoms with E-state index in [1.807, 2.05) is 71.1 Å². The van der Waals surface area contributed by atoms with E-state index in [1.54, 1.807) is 6.08 Å². The standard InChI is InChI=1S/C49H42N4.C6H10.C2H6/c1-4-6-16-34(5-2)44(51-3)33-49(50)53-45-23-14-10-17-35(45)25-26-38-31-36(27-29-46(38)53)37-28-30-48-43(32-37)41-21-12-11-20-40(41)42-22-13-15-24-47(42)52(48)39-18-8-7-9-19-39;1-4-6(3)5-2;1-2/h4-12,14,16-33,49H,2-3,13,15,50H2,1H3;4-5H,1H2,2-3H3;1-2H3/b6-4-,34-16+,44-33-;6-5-;. The summed E-state index contributed by atoms with van der Waals surface area (Å²) < 4.78 is 0. The number of para-hydroxylation sites is 2. The van der Waals surface area contributed by atoms with E-state index < -0.39 is 6.17 Å². The first-order chi connectivity index (χ1) is 29.9. The predicted molar refractivity (Wildman–Crippen MR) is 268 cm³/mol. The van der Waals surface area contributed by atoms with Crippen LogP contribution in [0.1, 0.15) is 64.2 Å². The molecule has 0 fully saturated rings. The van der Waals surface area contributed by atoms with Gasteiger partial charge in [-0.1, -0.05) is 166 Å². The van der Waals surface area contributed by atoms with Crippen molar-refractivity contribution in [2.75, 3.05) is 9.80 Å². The number of hydrogen-bond donors (Lipinski definition) is 1. The van der Waals surface area contributed by atoms with Crippen LogP contribution in [-0.2, 0) is 0 Å². The highest BCUT2D eigenvalue weighted by atomic mass is 15.2. The summed E-state index contributed by atoms with van der Waals surface area (Å²) >= 11 is 0. The van der Waals surface area contributed by atoms with Gasteiger partial charge in [-0.25, -0.2) is 0 Å². The zero-order valence-corrected chi connectivity index (χ0v) is 36.4. The lowest BCUT2D eigenvalue weighted by atomic mass is 9.90. The van der Waals surface area contributed by atoms with E-state index >= 15 is 0 Å². The van der Waals surface area contributed by atoms with Crippen molar-refractivity contribution in [3.05, 3.63) is 222 Å². The molecule has 2 aliphatic heterocycles. The summed E-state index contributed by atoms with van der Waals surface area (Å²) in [6.07, 6.45) is 24.2. The van der Waals surface area contributed by atoms with Gasteiger partial charge in [0.1, 0.15) is 6.17 Å². The van der Waals surface area contributed by atoms with E-state index in [1.165, 1.54) is 39.2 Å². The minimum atomic E-state index is -0.532. The van der Waals surface area contributed by atoms with Crippen LogP contribution in [0.25, 0.3) is 40.0 Å². The zero-order chi connectivity index (χ0) is 43.3. The van der Waals surface area contributed by atoms with Crippen LogP contribution in [0.5, 0.6) is 0 Å². The normalized spacial score (nSPS) is 14.7. The molecule has 0 radical (unpaired) electrons. The van der Waals surface area contributed by atoms with Gasteiger partial charge in [-0.15, -0.1) is 0 Å². The van der Waals surface area contributed by atoms with Gasteiger partial charge in [0.25, 0.3) is 0 Å². The van der Waals surface area contributed by atoms with Crippen LogP contribution in [0.15, 0.2) is 211 Å². The summed E-state index contributed by atoms with van der Waals surface area (Å²) in [6.45, 7) is 21.4. The Morgan fingerprint density at radius 1 is 0.705 bits per heavy atom. The van der Waals surface area contributed by atoms with Crippen molar-refractivity contribution in [1.29, 1.82) is 0 Å². The number of benzene rings is 5. The topological polar surface area (TPSA) is 44.9 Å². The number of hydrogen-bond acceptors (Lipinski definition) is 4. The average Bonchev–Trinajstić information content (AvgIpc) is 3.56. The molecule has 0 aromatic heterocycles. The number of allylic oxidation sites excluding steroid dienone is 10. The quantitative estimate of drug-likeness (QED) is 0.119. The molecule has 0 saturated heterocycles. The first-order valence-corrected chi connectivity index (χ1v) is 21.3. The Hall–Kier alpha value is -7.01. The van der Waals surface area contributed by atoms with Gasteiger partial charge >= 0.3 is 0 Å². The fourth-order valence-electron chi connectivity index (χ4n) is 7.80. The first-order valence-electron chi connectivity index (χ1n) is 21.3. The first kappa shape index (κ1) is 43.6. The summed E-state index contributed by atoms with van der Waals surface area (Å²) in [7, 11) is 0. The van der Waals surface area contributed by atoms with Gasteiger partial charge in [-0.2, -0.15) is 0 Å². The fourth-order valence-corrected chi connectivity index (χ4v) is 7.80. The van der Waals surface area contributed by atoms with Crippen molar-refractivity contribution in [1.82, 2.24) is 0 Å². The Morgan fingerprint density at radius 3 is 2.03 bits per heavy atom. The molecule has 0 saturated carbocycles. The molecule has 5 aromatic carbocycles. The van der Waals surface area contributed by atoms with E-state index in [-0.39, 0.29) is 0 Å². The molecule has 4 nitrogen and oxygen atoms in total. The van der Waals surface area contributed by atoms with E-state index in [9.17, 15) is 0 Å². The molecule has 4 heteroatoms. The van der Waals surface area contributed by atoms with Gasteiger partial charge in [-0.3, -0.25) is 4.99 Å². The van der Waals surface area contributed by atoms with Crippen molar-refractivity contribution in [3.8, 4) is 22.3 Å². The third kappa shape index (κ3) is 9.41. The highest BCUT2D eigenvalue weighted by Gasteiger charge is 2.30. The van der Waals surface area contributed by atoms with Crippen LogP contribution in [0.4, 0.5) is 22.7 Å². The predicted octanol–water partition coefficient (Wildman–Crippen LogP) is 15.6. The number of nitrogens with zero attached hydrogens (tertiary/aromatic N) is 3. The SMILES string of the molecule is C=C/C(C)=C\C.C=CC(=C\C=C/C)/C(=C/C(N)N1c2ccccc2C=Cc2cc(-c3ccc4c(c3)-c3ccccc3C3=CCCC=C3N4c3ccccc3)ccc21)N=C.CC. The van der Waals surface area contributed by atoms with Gasteiger partial charge in [-0.05, 0) is 128 Å². The van der Waals surface area contributed by atoms with Gasteiger partial charge in [0, 0.05) is 22.5 Å². The van der Waals surface area contributed by atoms with Crippen LogP contribution >= 0.6 is 0 Å². The maximum atomic E-state index is 7.08. The molecule has 2 heterocycles. The Balaban J connectivity index is 0.000000717. The third-order valence-corrected chi connectivity index (χ3v) is 10.9. The minimum Gasteiger partial charge on any atom is -0.321 e. The Morgan fingerprint density at radius 2 is 1.34 bits per heavy atom. The third-order valence-electron chi connectivity index (χ3n) is 10.9. The van der Waals surface area contributed by atoms with Crippen molar-refractivity contribution < 1.29 is 0 Å². The maximum Gasteiger partial charge on any atom is 0.103 e. The van der Waals surface area contributed by atoms with E-state index in [4.69, 9.17) is 5.73 Å². The summed E-state index contributed by atoms with van der Waals surface area (Å²) in [5, 5.41) is 0. The van der Waals surface area contributed by atoms with Crippen LogP contribution in [0.3, 0.4) is 0 Å². The molecule has 0 spiro atoms. The van der Waals surface area contributed by atoms with Crippen molar-refractivity contribution in [2.24, 2.45) is 10.7 Å². The molecular weight excluding hydrogens is 741 g/mol. The lowest BCUT2D eigenvalue weighted by Gasteiger charge is -2.31. The van der Waals surface area contributed by atoms with Gasteiger partial charge < -0.3 is 15.5 Å². The number of fused-ring (bicyclic) bond motifs is 7. The van der Waals surface area contributed by atoms with Crippen LogP contribution in [-0.4, -0.2) is 12.9 Å². The van der Waals surface area contributed by atoms with Crippen LogP contribution in [0, 0.1) is 0 Å². The molecular formula is C57H58N4. The zero-order valence-electron chi connectivity index (χ0n) is 36.4. The molecule has 1 unspecified atom stereocenters. The second kappa shape index (κ2) is 20.8. The Labute approximate surface area is 364 Å². The Kier molecular flexibility index (Phi) is 14.9. The van der Waals surface area contributed by atoms with Crippen LogP contribution in [0.2, 0.25) is 0 Å². The fraction of sp³-hybridized carbons (Fsp3) is 0.140. The number of aliphatic imine (C=N–C) groups is 1. The van der Waals surface area contributed by atoms with E-state index in [0.29, 0.717) is 5.70 Å². The van der Waals surface area contributed by atoms with Gasteiger partial charge in [0.2, 0.25) is 0 Å². The molecule has 0 amide bonds. The number of rotatable bonds is 9. The molecule has 61 heavy (non-hydrogen) atoms. The Bertz CT molecular complexity index is 2610. The number of nitrogens with two attached hydrogens (primary N) is 1. The van der Waals surface area contributed by atoms with Crippen LogP contribution < -0.4 is 15.5 Å². The highest BCUT2D eigenvalue weighted by Crippen LogP contribution is 2.50. The van der Waals surface area contributed by atoms with Gasteiger partial charge in [0.05, 0.1) is 22.8 Å². The largest absolute Gasteiger partial charge is 0.321 e. The molecule has 8 rings (SSSR count). The molecule has 5 aromatic rings. The number of anilines is 4. The molecule has 0 bridgehead atoms. The monoisotopic (exact) mass is 798 g/mol. The van der Waals surface area contributed by atoms with Gasteiger partial charge in [0.15, 0.2) is 0 Å². The van der Waals surface area contributed by atoms with E-state index in [0.717, 1.165) is 57.7 Å². The molecule has 1 aliphatic carbocycles. The molecule has 1 atom stereocenters. The molecule has 3 aliphatic rings. The second-order valence-electron chi connectivity index (χ2n) is 14.6. The molecule has 2 N–H and O–H groups in total. The second-order valence-corrected chi connectivity index (χ2v) is 14.6. The molecule has 306 valence electrons. The summed E-state index contributed by atoms with van der Waals surface area (Å²) in [5.74, 6) is 0. The lowest BCUT2D eigenvalue weighted by molar-refractivity contribution is 0.817. The summed E-state index contributed by atoms with van der Waals surface area (Å²) in [4.78, 5) is 8.97. The maximum absolute atomic E-state index is 7.08. The average molecular weight is 799 g/mol. The van der Waals surface area contributed by atoms with Crippen molar-refractivity contribution >= 4 is 47.2 Å². The van der Waals surface area contributed by atoms with Crippen molar-refractivity contribution in [3.63, 3.8) is 0 Å². The van der Waals surface area contributed by atoms with Crippen molar-refractivity contribution in [2.45, 2.75) is 53.6 Å². The van der Waals surface area contributed by atoms with E-state index in [2.05, 4.69) is 174 Å². The highest BCUT2D eigenvalue weighted by molar-refractivity contribution is 6.02. The smallest absolute Gasteiger partial charge is 0.103 e.